The molecule has 7 heteroatoms. The number of rotatable bonds is 8. The van der Waals surface area contributed by atoms with Gasteiger partial charge in [0.15, 0.2) is 5.82 Å². The van der Waals surface area contributed by atoms with E-state index in [9.17, 15) is 9.59 Å². The van der Waals surface area contributed by atoms with Crippen molar-refractivity contribution < 1.29 is 14.3 Å². The third-order valence-corrected chi connectivity index (χ3v) is 6.44. The molecule has 1 fully saturated rings. The molecule has 1 saturated heterocycles. The lowest BCUT2D eigenvalue weighted by Gasteiger charge is -2.31. The topological polar surface area (TPSA) is 75.6 Å². The first-order chi connectivity index (χ1) is 15.6. The van der Waals surface area contributed by atoms with E-state index in [4.69, 9.17) is 14.7 Å². The lowest BCUT2D eigenvalue weighted by atomic mass is 10.0. The second-order valence-electron chi connectivity index (χ2n) is 8.59. The van der Waals surface area contributed by atoms with E-state index in [-0.39, 0.29) is 17.9 Å². The molecule has 0 spiro atoms. The smallest absolute Gasteiger partial charge is 0.228 e. The molecule has 1 atom stereocenters. The quantitative estimate of drug-likeness (QED) is 0.634. The van der Waals surface area contributed by atoms with Crippen LogP contribution in [0.1, 0.15) is 60.8 Å². The molecule has 2 amide bonds. The van der Waals surface area contributed by atoms with Crippen molar-refractivity contribution >= 4 is 17.6 Å². The standard InChI is InChI=1S/C25H32N4O3/c1-18-20-12-13-22(30)29(16-6-10-19-8-4-3-5-9-19)25(20)27-24(26-18)21-11-7-15-28(21)23(31)14-17-32-2/h3-5,8-9,21H,6-7,10-17H2,1-2H3/t21-/m0/s1. The molecule has 0 N–H and O–H groups in total. The maximum Gasteiger partial charge on any atom is 0.228 e. The van der Waals surface area contributed by atoms with Crippen LogP contribution in [0.25, 0.3) is 0 Å². The summed E-state index contributed by atoms with van der Waals surface area (Å²) in [5.74, 6) is 1.60. The minimum atomic E-state index is -0.133. The van der Waals surface area contributed by atoms with E-state index in [1.165, 1.54) is 5.56 Å². The maximum absolute atomic E-state index is 12.8. The maximum atomic E-state index is 12.8. The molecule has 0 radical (unpaired) electrons. The summed E-state index contributed by atoms with van der Waals surface area (Å²) in [7, 11) is 1.61. The molecule has 170 valence electrons. The van der Waals surface area contributed by atoms with Gasteiger partial charge in [-0.25, -0.2) is 9.97 Å². The van der Waals surface area contributed by atoms with Crippen LogP contribution < -0.4 is 4.90 Å². The largest absolute Gasteiger partial charge is 0.384 e. The summed E-state index contributed by atoms with van der Waals surface area (Å²) >= 11 is 0. The van der Waals surface area contributed by atoms with Crippen LogP contribution in [-0.2, 0) is 27.2 Å². The van der Waals surface area contributed by atoms with Crippen molar-refractivity contribution in [3.63, 3.8) is 0 Å². The Kier molecular flexibility index (Phi) is 7.15. The minimum Gasteiger partial charge on any atom is -0.384 e. The summed E-state index contributed by atoms with van der Waals surface area (Å²) in [6, 6.07) is 10.2. The predicted octanol–water partition coefficient (Wildman–Crippen LogP) is 3.40. The average molecular weight is 437 g/mol. The number of amides is 2. The van der Waals surface area contributed by atoms with Crippen LogP contribution in [-0.4, -0.2) is 53.5 Å². The van der Waals surface area contributed by atoms with E-state index < -0.39 is 0 Å². The van der Waals surface area contributed by atoms with E-state index in [1.54, 1.807) is 7.11 Å². The molecule has 0 unspecified atom stereocenters. The van der Waals surface area contributed by atoms with Gasteiger partial charge in [-0.3, -0.25) is 14.5 Å². The van der Waals surface area contributed by atoms with Gasteiger partial charge in [0.25, 0.3) is 0 Å². The SMILES string of the molecule is COCCC(=O)N1CCC[C@H]1c1nc(C)c2c(n1)N(CCCc1ccccc1)C(=O)CC2. The van der Waals surface area contributed by atoms with Crippen molar-refractivity contribution in [1.29, 1.82) is 0 Å². The van der Waals surface area contributed by atoms with E-state index in [2.05, 4.69) is 12.1 Å². The van der Waals surface area contributed by atoms with Crippen LogP contribution >= 0.6 is 0 Å². The summed E-state index contributed by atoms with van der Waals surface area (Å²) in [5, 5.41) is 0. The number of carbonyl (C=O) groups excluding carboxylic acids is 2. The number of carbonyl (C=O) groups is 2. The summed E-state index contributed by atoms with van der Waals surface area (Å²) in [6.07, 6.45) is 5.10. The number of fused-ring (bicyclic) bond motifs is 1. The number of aromatic nitrogens is 2. The molecule has 0 bridgehead atoms. The van der Waals surface area contributed by atoms with Gasteiger partial charge in [0.05, 0.1) is 19.1 Å². The van der Waals surface area contributed by atoms with Crippen LogP contribution in [0.15, 0.2) is 30.3 Å². The molecule has 32 heavy (non-hydrogen) atoms. The van der Waals surface area contributed by atoms with Crippen molar-refractivity contribution in [2.75, 3.05) is 31.7 Å². The third kappa shape index (κ3) is 4.83. The number of benzene rings is 1. The number of aryl methyl sites for hydroxylation is 2. The zero-order valence-corrected chi connectivity index (χ0v) is 19.0. The molecule has 4 rings (SSSR count). The molecule has 0 saturated carbocycles. The number of hydrogen-bond acceptors (Lipinski definition) is 5. The number of hydrogen-bond donors (Lipinski definition) is 0. The summed E-state index contributed by atoms with van der Waals surface area (Å²) in [5.41, 5.74) is 3.25. The molecule has 1 aromatic heterocycles. The van der Waals surface area contributed by atoms with Gasteiger partial charge in [-0.2, -0.15) is 0 Å². The molecule has 1 aromatic carbocycles. The molecule has 2 aliphatic heterocycles. The molecule has 0 aliphatic carbocycles. The predicted molar refractivity (Wildman–Crippen MR) is 122 cm³/mol. The van der Waals surface area contributed by atoms with E-state index in [0.717, 1.165) is 42.8 Å². The normalized spacial score (nSPS) is 18.2. The summed E-state index contributed by atoms with van der Waals surface area (Å²) in [6.45, 7) is 3.76. The van der Waals surface area contributed by atoms with Gasteiger partial charge in [-0.1, -0.05) is 30.3 Å². The molecule has 3 heterocycles. The molecular formula is C25H32N4O3. The highest BCUT2D eigenvalue weighted by Crippen LogP contribution is 2.35. The Morgan fingerprint density at radius 1 is 1.19 bits per heavy atom. The van der Waals surface area contributed by atoms with E-state index >= 15 is 0 Å². The first-order valence-corrected chi connectivity index (χ1v) is 11.6. The number of ether oxygens (including phenoxy) is 1. The van der Waals surface area contributed by atoms with Crippen LogP contribution in [0, 0.1) is 6.92 Å². The zero-order valence-electron chi connectivity index (χ0n) is 19.0. The first-order valence-electron chi connectivity index (χ1n) is 11.6. The Hall–Kier alpha value is -2.80. The summed E-state index contributed by atoms with van der Waals surface area (Å²) in [4.78, 5) is 38.9. The van der Waals surface area contributed by atoms with E-state index in [0.29, 0.717) is 44.8 Å². The second-order valence-corrected chi connectivity index (χ2v) is 8.59. The van der Waals surface area contributed by atoms with Crippen molar-refractivity contribution in [2.24, 2.45) is 0 Å². The lowest BCUT2D eigenvalue weighted by Crippen LogP contribution is -2.38. The lowest BCUT2D eigenvalue weighted by molar-refractivity contribution is -0.133. The van der Waals surface area contributed by atoms with Gasteiger partial charge in [0.2, 0.25) is 11.8 Å². The highest BCUT2D eigenvalue weighted by molar-refractivity contribution is 5.95. The average Bonchev–Trinajstić information content (AvgIpc) is 3.29. The highest BCUT2D eigenvalue weighted by Gasteiger charge is 2.34. The van der Waals surface area contributed by atoms with Crippen molar-refractivity contribution in [3.8, 4) is 0 Å². The number of anilines is 1. The monoisotopic (exact) mass is 436 g/mol. The summed E-state index contributed by atoms with van der Waals surface area (Å²) < 4.78 is 5.08. The Labute approximate surface area is 189 Å². The Morgan fingerprint density at radius 3 is 2.78 bits per heavy atom. The van der Waals surface area contributed by atoms with Gasteiger partial charge in [-0.15, -0.1) is 0 Å². The zero-order chi connectivity index (χ0) is 22.5. The number of likely N-dealkylation sites (tertiary alicyclic amines) is 1. The number of methoxy groups -OCH3 is 1. The third-order valence-electron chi connectivity index (χ3n) is 6.44. The fourth-order valence-electron chi connectivity index (χ4n) is 4.74. The fraction of sp³-hybridized carbons (Fsp3) is 0.520. The molecule has 2 aromatic rings. The van der Waals surface area contributed by atoms with Gasteiger partial charge < -0.3 is 9.64 Å². The van der Waals surface area contributed by atoms with Gasteiger partial charge >= 0.3 is 0 Å². The van der Waals surface area contributed by atoms with Gasteiger partial charge in [-0.05, 0) is 44.6 Å². The highest BCUT2D eigenvalue weighted by atomic mass is 16.5. The van der Waals surface area contributed by atoms with Crippen LogP contribution in [0.4, 0.5) is 5.82 Å². The first kappa shape index (κ1) is 22.4. The van der Waals surface area contributed by atoms with Crippen molar-refractivity contribution in [2.45, 2.75) is 57.9 Å². The Bertz CT molecular complexity index is 963. The molecule has 7 nitrogen and oxygen atoms in total. The van der Waals surface area contributed by atoms with Crippen molar-refractivity contribution in [3.05, 3.63) is 53.0 Å². The van der Waals surface area contributed by atoms with Gasteiger partial charge in [0, 0.05) is 37.9 Å². The Morgan fingerprint density at radius 2 is 2.00 bits per heavy atom. The van der Waals surface area contributed by atoms with E-state index in [1.807, 2.05) is 34.9 Å². The van der Waals surface area contributed by atoms with Gasteiger partial charge in [0.1, 0.15) is 5.82 Å². The Balaban J connectivity index is 1.55. The second kappa shape index (κ2) is 10.2. The minimum absolute atomic E-state index is 0.0733. The molecule has 2 aliphatic rings. The number of nitrogens with zero attached hydrogens (tertiary/aromatic N) is 4. The van der Waals surface area contributed by atoms with Crippen LogP contribution in [0.5, 0.6) is 0 Å². The molecular weight excluding hydrogens is 404 g/mol. The fourth-order valence-corrected chi connectivity index (χ4v) is 4.74. The van der Waals surface area contributed by atoms with Crippen LogP contribution in [0.2, 0.25) is 0 Å². The van der Waals surface area contributed by atoms with Crippen LogP contribution in [0.3, 0.4) is 0 Å². The van der Waals surface area contributed by atoms with Crippen molar-refractivity contribution in [1.82, 2.24) is 14.9 Å².